The molecular formula is C21H21F5N2O5S. The second-order valence-electron chi connectivity index (χ2n) is 8.96. The van der Waals surface area contributed by atoms with E-state index in [0.29, 0.717) is 13.3 Å². The van der Waals surface area contributed by atoms with Gasteiger partial charge in [-0.3, -0.25) is 4.79 Å². The molecule has 1 aliphatic carbocycles. The number of amides is 1. The fourth-order valence-corrected chi connectivity index (χ4v) is 4.80. The molecule has 1 aliphatic heterocycles. The first-order valence-corrected chi connectivity index (χ1v) is 12.1. The molecule has 0 spiro atoms. The number of benzene rings is 1. The molecule has 1 aromatic heterocycles. The number of piperidine rings is 1. The highest BCUT2D eigenvalue weighted by atomic mass is 32.2. The van der Waals surface area contributed by atoms with E-state index in [1.807, 2.05) is 0 Å². The molecule has 0 radical (unpaired) electrons. The first kappa shape index (κ1) is 24.4. The van der Waals surface area contributed by atoms with Crippen molar-refractivity contribution in [3.05, 3.63) is 41.3 Å². The van der Waals surface area contributed by atoms with Gasteiger partial charge < -0.3 is 14.2 Å². The van der Waals surface area contributed by atoms with Gasteiger partial charge in [-0.05, 0) is 37.5 Å². The minimum atomic E-state index is -4.70. The fourth-order valence-electron chi connectivity index (χ4n) is 4.15. The Hall–Kier alpha value is -2.70. The van der Waals surface area contributed by atoms with Crippen molar-refractivity contribution in [3.63, 3.8) is 0 Å². The summed E-state index contributed by atoms with van der Waals surface area (Å²) in [6.45, 7) is 1.95. The molecule has 186 valence electrons. The van der Waals surface area contributed by atoms with Gasteiger partial charge in [0.05, 0.1) is 16.2 Å². The van der Waals surface area contributed by atoms with Crippen LogP contribution < -0.4 is 4.74 Å². The van der Waals surface area contributed by atoms with Gasteiger partial charge in [0.15, 0.2) is 15.9 Å². The number of carbonyl (C=O) groups is 1. The zero-order valence-electron chi connectivity index (χ0n) is 18.3. The van der Waals surface area contributed by atoms with Crippen LogP contribution in [0.25, 0.3) is 0 Å². The Morgan fingerprint density at radius 2 is 1.94 bits per heavy atom. The predicted octanol–water partition coefficient (Wildman–Crippen LogP) is 3.93. The molecule has 2 aliphatic rings. The minimum Gasteiger partial charge on any atom is -0.484 e. The Labute approximate surface area is 191 Å². The van der Waals surface area contributed by atoms with Gasteiger partial charge in [-0.2, -0.15) is 13.2 Å². The molecule has 2 aromatic rings. The topological polar surface area (TPSA) is 89.7 Å². The SMILES string of the molecule is CC(Oc1ccc(S(C)(=O)=O)cc1C(=O)N1CC2CC2(c2cc(C(F)(F)F)on2)C1)C(C)(F)F. The van der Waals surface area contributed by atoms with E-state index in [2.05, 4.69) is 9.68 Å². The van der Waals surface area contributed by atoms with Crippen molar-refractivity contribution in [2.45, 2.75) is 48.8 Å². The van der Waals surface area contributed by atoms with Gasteiger partial charge in [-0.25, -0.2) is 17.2 Å². The zero-order valence-corrected chi connectivity index (χ0v) is 19.1. The lowest BCUT2D eigenvalue weighted by Gasteiger charge is -2.25. The molecule has 3 unspecified atom stereocenters. The molecule has 1 saturated heterocycles. The largest absolute Gasteiger partial charge is 0.484 e. The lowest BCUT2D eigenvalue weighted by atomic mass is 10.0. The Balaban J connectivity index is 1.63. The van der Waals surface area contributed by atoms with Crippen molar-refractivity contribution >= 4 is 15.7 Å². The van der Waals surface area contributed by atoms with Gasteiger partial charge in [-0.1, -0.05) is 5.16 Å². The van der Waals surface area contributed by atoms with Crippen LogP contribution in [0.1, 0.15) is 42.1 Å². The van der Waals surface area contributed by atoms with Crippen LogP contribution >= 0.6 is 0 Å². The van der Waals surface area contributed by atoms with E-state index in [0.717, 1.165) is 37.4 Å². The average Bonchev–Trinajstić information content (AvgIpc) is 3.07. The van der Waals surface area contributed by atoms with E-state index >= 15 is 0 Å². The van der Waals surface area contributed by atoms with Gasteiger partial charge in [0.2, 0.25) is 5.76 Å². The summed E-state index contributed by atoms with van der Waals surface area (Å²) in [5.74, 6) is -5.54. The molecule has 34 heavy (non-hydrogen) atoms. The molecule has 1 aromatic carbocycles. The van der Waals surface area contributed by atoms with Crippen LogP contribution in [0.5, 0.6) is 5.75 Å². The van der Waals surface area contributed by atoms with E-state index < -0.39 is 45.1 Å². The second-order valence-corrected chi connectivity index (χ2v) is 11.0. The lowest BCUT2D eigenvalue weighted by molar-refractivity contribution is -0.155. The first-order valence-electron chi connectivity index (χ1n) is 10.2. The molecule has 1 amide bonds. The number of rotatable bonds is 6. The standard InChI is InChI=1S/C21H21F5N2O5S/c1-11(19(2,22)23)32-15-5-4-13(34(3,30)31)6-14(15)18(29)28-9-12-8-20(12,10-28)16-7-17(33-27-16)21(24,25)26/h4-7,11-12H,8-10H2,1-3H3. The number of hydrogen-bond donors (Lipinski definition) is 0. The fraction of sp³-hybridized carbons (Fsp3) is 0.524. The van der Waals surface area contributed by atoms with Gasteiger partial charge in [0.25, 0.3) is 11.8 Å². The number of likely N-dealkylation sites (tertiary alicyclic amines) is 1. The third-order valence-corrected chi connectivity index (χ3v) is 7.47. The monoisotopic (exact) mass is 508 g/mol. The molecular weight excluding hydrogens is 487 g/mol. The third kappa shape index (κ3) is 4.37. The summed E-state index contributed by atoms with van der Waals surface area (Å²) in [5, 5.41) is 3.55. The van der Waals surface area contributed by atoms with Crippen LogP contribution in [0.2, 0.25) is 0 Å². The van der Waals surface area contributed by atoms with Crippen LogP contribution in [0.15, 0.2) is 33.7 Å². The number of halogens is 5. The van der Waals surface area contributed by atoms with Gasteiger partial charge >= 0.3 is 6.18 Å². The van der Waals surface area contributed by atoms with Crippen molar-refractivity contribution in [2.24, 2.45) is 5.92 Å². The highest BCUT2D eigenvalue weighted by Gasteiger charge is 2.64. The number of fused-ring (bicyclic) bond motifs is 1. The van der Waals surface area contributed by atoms with E-state index in [-0.39, 0.29) is 40.9 Å². The molecule has 0 bridgehead atoms. The molecule has 2 heterocycles. The highest BCUT2D eigenvalue weighted by Crippen LogP contribution is 2.59. The summed E-state index contributed by atoms with van der Waals surface area (Å²) in [6.07, 6.45) is -4.87. The Morgan fingerprint density at radius 1 is 1.26 bits per heavy atom. The van der Waals surface area contributed by atoms with Gasteiger partial charge in [0, 0.05) is 37.8 Å². The summed E-state index contributed by atoms with van der Waals surface area (Å²) < 4.78 is 99.8. The van der Waals surface area contributed by atoms with Crippen LogP contribution in [-0.2, 0) is 21.4 Å². The second kappa shape index (κ2) is 7.65. The number of aromatic nitrogens is 1. The number of carbonyl (C=O) groups excluding carboxylic acids is 1. The number of hydrogen-bond acceptors (Lipinski definition) is 6. The summed E-state index contributed by atoms with van der Waals surface area (Å²) in [7, 11) is -3.73. The molecule has 2 fully saturated rings. The van der Waals surface area contributed by atoms with Crippen LogP contribution in [-0.4, -0.2) is 55.8 Å². The Morgan fingerprint density at radius 3 is 2.50 bits per heavy atom. The Bertz CT molecular complexity index is 1240. The Kier molecular flexibility index (Phi) is 5.50. The third-order valence-electron chi connectivity index (χ3n) is 6.36. The maximum Gasteiger partial charge on any atom is 0.452 e. The summed E-state index contributed by atoms with van der Waals surface area (Å²) >= 11 is 0. The van der Waals surface area contributed by atoms with Crippen LogP contribution in [0, 0.1) is 5.92 Å². The lowest BCUT2D eigenvalue weighted by Crippen LogP contribution is -2.35. The van der Waals surface area contributed by atoms with Crippen molar-refractivity contribution < 1.29 is 44.4 Å². The number of sulfone groups is 1. The number of alkyl halides is 5. The summed E-state index contributed by atoms with van der Waals surface area (Å²) in [5.41, 5.74) is -0.950. The van der Waals surface area contributed by atoms with Crippen molar-refractivity contribution in [2.75, 3.05) is 19.3 Å². The van der Waals surface area contributed by atoms with Crippen molar-refractivity contribution in [1.29, 1.82) is 0 Å². The molecule has 7 nitrogen and oxygen atoms in total. The molecule has 3 atom stereocenters. The quantitative estimate of drug-likeness (QED) is 0.550. The minimum absolute atomic E-state index is 0.0162. The molecule has 4 rings (SSSR count). The van der Waals surface area contributed by atoms with E-state index in [1.54, 1.807) is 0 Å². The molecule has 1 saturated carbocycles. The van der Waals surface area contributed by atoms with Gasteiger partial charge in [0.1, 0.15) is 5.75 Å². The first-order chi connectivity index (χ1) is 15.5. The van der Waals surface area contributed by atoms with E-state index in [1.165, 1.54) is 4.90 Å². The van der Waals surface area contributed by atoms with Crippen molar-refractivity contribution in [1.82, 2.24) is 10.1 Å². The summed E-state index contributed by atoms with van der Waals surface area (Å²) in [6, 6.07) is 4.17. The zero-order chi connectivity index (χ0) is 25.3. The maximum absolute atomic E-state index is 13.7. The summed E-state index contributed by atoms with van der Waals surface area (Å²) in [4.78, 5) is 14.5. The van der Waals surface area contributed by atoms with Crippen LogP contribution in [0.4, 0.5) is 22.0 Å². The van der Waals surface area contributed by atoms with Crippen LogP contribution in [0.3, 0.4) is 0 Å². The van der Waals surface area contributed by atoms with E-state index in [9.17, 15) is 35.2 Å². The molecule has 13 heteroatoms. The van der Waals surface area contributed by atoms with Crippen molar-refractivity contribution in [3.8, 4) is 5.75 Å². The maximum atomic E-state index is 13.7. The van der Waals surface area contributed by atoms with E-state index in [4.69, 9.17) is 4.74 Å². The predicted molar refractivity (Wildman–Crippen MR) is 107 cm³/mol. The smallest absolute Gasteiger partial charge is 0.452 e. The average molecular weight is 508 g/mol. The number of ether oxygens (including phenoxy) is 1. The normalized spacial score (nSPS) is 23.5. The number of nitrogens with zero attached hydrogens (tertiary/aromatic N) is 2. The molecule has 0 N–H and O–H groups in total. The highest BCUT2D eigenvalue weighted by molar-refractivity contribution is 7.90. The van der Waals surface area contributed by atoms with Gasteiger partial charge in [-0.15, -0.1) is 0 Å².